The number of hydrogen-bond acceptors (Lipinski definition) is 2. The molecule has 0 saturated carbocycles. The molecule has 0 bridgehead atoms. The van der Waals surface area contributed by atoms with Gasteiger partial charge in [-0.25, -0.2) is 0 Å². The van der Waals surface area contributed by atoms with E-state index in [1.807, 2.05) is 6.07 Å². The van der Waals surface area contributed by atoms with Gasteiger partial charge in [0, 0.05) is 5.56 Å². The van der Waals surface area contributed by atoms with E-state index in [-0.39, 0.29) is 0 Å². The van der Waals surface area contributed by atoms with E-state index in [2.05, 4.69) is 22.6 Å². The van der Waals surface area contributed by atoms with Gasteiger partial charge in [0.1, 0.15) is 0 Å². The van der Waals surface area contributed by atoms with Crippen LogP contribution in [0.5, 0.6) is 5.95 Å². The molecule has 0 fully saturated rings. The van der Waals surface area contributed by atoms with Crippen LogP contribution in [0.25, 0.3) is 0 Å². The van der Waals surface area contributed by atoms with Crippen LogP contribution in [0.3, 0.4) is 0 Å². The summed E-state index contributed by atoms with van der Waals surface area (Å²) < 4.78 is 11.5. The van der Waals surface area contributed by atoms with Crippen molar-refractivity contribution in [2.75, 3.05) is 6.61 Å². The first-order valence-electron chi connectivity index (χ1n) is 3.27. The van der Waals surface area contributed by atoms with E-state index in [1.165, 1.54) is 5.56 Å². The standard InChI is InChI=1S/C7H7IO2/c8-6-4-5-2-1-3-9-7(5)10-6/h4H,1-3H2. The first-order chi connectivity index (χ1) is 4.86. The third-order valence-corrected chi connectivity index (χ3v) is 2.10. The molecule has 0 saturated heterocycles. The van der Waals surface area contributed by atoms with Crippen LogP contribution in [0.1, 0.15) is 12.0 Å². The van der Waals surface area contributed by atoms with Crippen LogP contribution >= 0.6 is 22.6 Å². The Kier molecular flexibility index (Phi) is 1.60. The molecule has 0 atom stereocenters. The van der Waals surface area contributed by atoms with Gasteiger partial charge < -0.3 is 9.15 Å². The molecule has 54 valence electrons. The monoisotopic (exact) mass is 250 g/mol. The molecule has 0 amide bonds. The number of aryl methyl sites for hydroxylation is 1. The zero-order valence-electron chi connectivity index (χ0n) is 5.39. The molecular formula is C7H7IO2. The fourth-order valence-electron chi connectivity index (χ4n) is 1.10. The van der Waals surface area contributed by atoms with E-state index in [0.29, 0.717) is 0 Å². The Morgan fingerprint density at radius 3 is 3.20 bits per heavy atom. The van der Waals surface area contributed by atoms with Crippen molar-refractivity contribution >= 4 is 22.6 Å². The summed E-state index contributed by atoms with van der Waals surface area (Å²) >= 11 is 2.15. The highest BCUT2D eigenvalue weighted by molar-refractivity contribution is 14.1. The molecule has 1 aliphatic heterocycles. The Morgan fingerprint density at radius 2 is 2.40 bits per heavy atom. The minimum absolute atomic E-state index is 0.732. The molecule has 2 heterocycles. The number of rotatable bonds is 0. The number of furan rings is 1. The lowest BCUT2D eigenvalue weighted by Crippen LogP contribution is -2.05. The van der Waals surface area contributed by atoms with Crippen LogP contribution in [-0.2, 0) is 6.42 Å². The second kappa shape index (κ2) is 2.45. The van der Waals surface area contributed by atoms with Crippen molar-refractivity contribution in [1.82, 2.24) is 0 Å². The average Bonchev–Trinajstić information content (AvgIpc) is 2.27. The molecule has 3 heteroatoms. The molecule has 2 nitrogen and oxygen atoms in total. The SMILES string of the molecule is Ic1cc2c(o1)OCCC2. The molecule has 1 aromatic rings. The van der Waals surface area contributed by atoms with Crippen molar-refractivity contribution in [3.05, 3.63) is 15.4 Å². The van der Waals surface area contributed by atoms with Crippen LogP contribution in [-0.4, -0.2) is 6.61 Å². The Hall–Kier alpha value is -0.190. The van der Waals surface area contributed by atoms with E-state index < -0.39 is 0 Å². The molecule has 0 aromatic carbocycles. The molecule has 1 aromatic heterocycles. The first-order valence-corrected chi connectivity index (χ1v) is 4.35. The summed E-state index contributed by atoms with van der Waals surface area (Å²) in [4.78, 5) is 0. The van der Waals surface area contributed by atoms with E-state index >= 15 is 0 Å². The minimum Gasteiger partial charge on any atom is -0.465 e. The summed E-state index contributed by atoms with van der Waals surface area (Å²) in [6, 6.07) is 2.04. The maximum atomic E-state index is 5.27. The van der Waals surface area contributed by atoms with Crippen LogP contribution in [0.2, 0.25) is 0 Å². The predicted molar refractivity (Wildman–Crippen MR) is 45.2 cm³/mol. The first kappa shape index (κ1) is 6.52. The maximum absolute atomic E-state index is 5.27. The highest BCUT2D eigenvalue weighted by atomic mass is 127. The summed E-state index contributed by atoms with van der Waals surface area (Å²) in [5.41, 5.74) is 1.22. The Morgan fingerprint density at radius 1 is 1.50 bits per heavy atom. The van der Waals surface area contributed by atoms with Crippen LogP contribution < -0.4 is 4.74 Å². The zero-order chi connectivity index (χ0) is 6.97. The molecule has 2 rings (SSSR count). The molecule has 0 spiro atoms. The van der Waals surface area contributed by atoms with Crippen molar-refractivity contribution in [2.24, 2.45) is 0 Å². The molecule has 1 aliphatic rings. The summed E-state index contributed by atoms with van der Waals surface area (Å²) in [6.07, 6.45) is 2.21. The quantitative estimate of drug-likeness (QED) is 0.658. The fourth-order valence-corrected chi connectivity index (χ4v) is 1.68. The Balaban J connectivity index is 2.41. The van der Waals surface area contributed by atoms with Crippen molar-refractivity contribution < 1.29 is 9.15 Å². The molecule has 0 unspecified atom stereocenters. The van der Waals surface area contributed by atoms with Gasteiger partial charge in [-0.2, -0.15) is 0 Å². The van der Waals surface area contributed by atoms with Crippen molar-refractivity contribution in [1.29, 1.82) is 0 Å². The van der Waals surface area contributed by atoms with Gasteiger partial charge in [-0.1, -0.05) is 0 Å². The summed E-state index contributed by atoms with van der Waals surface area (Å²) in [6.45, 7) is 0.802. The second-order valence-corrected chi connectivity index (χ2v) is 3.38. The van der Waals surface area contributed by atoms with Gasteiger partial charge in [-0.05, 0) is 41.5 Å². The smallest absolute Gasteiger partial charge is 0.288 e. The third kappa shape index (κ3) is 1.02. The molecule has 0 radical (unpaired) electrons. The lowest BCUT2D eigenvalue weighted by atomic mass is 10.1. The van der Waals surface area contributed by atoms with Gasteiger partial charge in [0.15, 0.2) is 3.77 Å². The minimum atomic E-state index is 0.732. The lowest BCUT2D eigenvalue weighted by molar-refractivity contribution is 0.216. The Labute approximate surface area is 72.7 Å². The summed E-state index contributed by atoms with van der Waals surface area (Å²) in [7, 11) is 0. The van der Waals surface area contributed by atoms with E-state index in [1.54, 1.807) is 0 Å². The topological polar surface area (TPSA) is 22.4 Å². The highest BCUT2D eigenvalue weighted by Gasteiger charge is 2.14. The van der Waals surface area contributed by atoms with Crippen molar-refractivity contribution in [2.45, 2.75) is 12.8 Å². The van der Waals surface area contributed by atoms with Gasteiger partial charge in [0.05, 0.1) is 6.61 Å². The predicted octanol–water partition coefficient (Wildman–Crippen LogP) is 2.21. The summed E-state index contributed by atoms with van der Waals surface area (Å²) in [5, 5.41) is 0. The Bertz CT molecular complexity index is 218. The summed E-state index contributed by atoms with van der Waals surface area (Å²) in [5.74, 6) is 0.732. The fraction of sp³-hybridized carbons (Fsp3) is 0.429. The second-order valence-electron chi connectivity index (χ2n) is 2.32. The van der Waals surface area contributed by atoms with Gasteiger partial charge in [-0.15, -0.1) is 0 Å². The van der Waals surface area contributed by atoms with Crippen molar-refractivity contribution in [3.8, 4) is 5.95 Å². The van der Waals surface area contributed by atoms with E-state index in [0.717, 1.165) is 29.2 Å². The van der Waals surface area contributed by atoms with E-state index in [9.17, 15) is 0 Å². The normalized spacial score (nSPS) is 16.1. The number of halogens is 1. The van der Waals surface area contributed by atoms with Crippen LogP contribution in [0.4, 0.5) is 0 Å². The molecular weight excluding hydrogens is 243 g/mol. The lowest BCUT2D eigenvalue weighted by Gasteiger charge is -2.09. The third-order valence-electron chi connectivity index (χ3n) is 1.56. The van der Waals surface area contributed by atoms with Gasteiger partial charge in [0.25, 0.3) is 5.95 Å². The van der Waals surface area contributed by atoms with Crippen LogP contribution in [0, 0.1) is 3.77 Å². The van der Waals surface area contributed by atoms with Gasteiger partial charge >= 0.3 is 0 Å². The number of hydrogen-bond donors (Lipinski definition) is 0. The maximum Gasteiger partial charge on any atom is 0.288 e. The molecule has 0 aliphatic carbocycles. The average molecular weight is 250 g/mol. The van der Waals surface area contributed by atoms with Crippen LogP contribution in [0.15, 0.2) is 10.5 Å². The zero-order valence-corrected chi connectivity index (χ0v) is 7.55. The van der Waals surface area contributed by atoms with Gasteiger partial charge in [-0.3, -0.25) is 0 Å². The number of ether oxygens (including phenoxy) is 1. The van der Waals surface area contributed by atoms with Gasteiger partial charge in [0.2, 0.25) is 0 Å². The largest absolute Gasteiger partial charge is 0.465 e. The number of fused-ring (bicyclic) bond motifs is 1. The molecule has 0 N–H and O–H groups in total. The molecule has 10 heavy (non-hydrogen) atoms. The highest BCUT2D eigenvalue weighted by Crippen LogP contribution is 2.28. The van der Waals surface area contributed by atoms with E-state index in [4.69, 9.17) is 9.15 Å². The van der Waals surface area contributed by atoms with Crippen molar-refractivity contribution in [3.63, 3.8) is 0 Å².